The number of carbonyl (C=O) groups is 1. The van der Waals surface area contributed by atoms with Gasteiger partial charge in [-0.3, -0.25) is 9.69 Å². The van der Waals surface area contributed by atoms with E-state index in [0.29, 0.717) is 0 Å². The largest absolute Gasteiger partial charge is 0.461 e. The Hall–Kier alpha value is -1.34. The van der Waals surface area contributed by atoms with Crippen LogP contribution in [-0.2, 0) is 0 Å². The van der Waals surface area contributed by atoms with Gasteiger partial charge in [0.05, 0.1) is 26.0 Å². The van der Waals surface area contributed by atoms with Crippen LogP contribution in [0.3, 0.4) is 0 Å². The second-order valence-electron chi connectivity index (χ2n) is 3.45. The van der Waals surface area contributed by atoms with Gasteiger partial charge in [-0.1, -0.05) is 0 Å². The number of alkyl halides is 3. The van der Waals surface area contributed by atoms with Crippen LogP contribution in [0.25, 0.3) is 0 Å². The monoisotopic (exact) mass is 251 g/mol. The van der Waals surface area contributed by atoms with Gasteiger partial charge in [-0.05, 0) is 12.1 Å². The lowest BCUT2D eigenvalue weighted by Gasteiger charge is -2.21. The zero-order valence-corrected chi connectivity index (χ0v) is 8.91. The van der Waals surface area contributed by atoms with E-state index in [2.05, 4.69) is 0 Å². The van der Waals surface area contributed by atoms with Crippen molar-refractivity contribution in [2.24, 2.45) is 0 Å². The maximum atomic E-state index is 12.2. The van der Waals surface area contributed by atoms with Gasteiger partial charge in [0.15, 0.2) is 5.76 Å². The predicted octanol–water partition coefficient (Wildman–Crippen LogP) is 1.32. The van der Waals surface area contributed by atoms with Crippen LogP contribution in [0.4, 0.5) is 13.2 Å². The molecule has 0 aliphatic rings. The molecule has 17 heavy (non-hydrogen) atoms. The Bertz CT molecular complexity index is 348. The first-order chi connectivity index (χ1) is 7.92. The molecule has 0 unspecified atom stereocenters. The van der Waals surface area contributed by atoms with Gasteiger partial charge in [0.25, 0.3) is 0 Å². The van der Waals surface area contributed by atoms with E-state index in [0.717, 1.165) is 4.90 Å². The van der Waals surface area contributed by atoms with Crippen molar-refractivity contribution in [2.45, 2.75) is 6.18 Å². The summed E-state index contributed by atoms with van der Waals surface area (Å²) >= 11 is 0. The molecule has 1 heterocycles. The Morgan fingerprint density at radius 2 is 2.18 bits per heavy atom. The summed E-state index contributed by atoms with van der Waals surface area (Å²) in [5.74, 6) is -0.539. The Kier molecular flexibility index (Phi) is 4.71. The highest BCUT2D eigenvalue weighted by atomic mass is 19.4. The van der Waals surface area contributed by atoms with Gasteiger partial charge in [0, 0.05) is 6.54 Å². The number of hydrogen-bond acceptors (Lipinski definition) is 4. The third-order valence-corrected chi connectivity index (χ3v) is 1.98. The minimum atomic E-state index is -4.40. The van der Waals surface area contributed by atoms with Gasteiger partial charge < -0.3 is 9.52 Å². The summed E-state index contributed by atoms with van der Waals surface area (Å²) in [4.78, 5) is 12.3. The van der Waals surface area contributed by atoms with Gasteiger partial charge in [-0.2, -0.15) is 13.2 Å². The zero-order chi connectivity index (χ0) is 12.9. The summed E-state index contributed by atoms with van der Waals surface area (Å²) in [5.41, 5.74) is 0. The van der Waals surface area contributed by atoms with Crippen LogP contribution in [-0.4, -0.2) is 48.2 Å². The van der Waals surface area contributed by atoms with Gasteiger partial charge in [-0.15, -0.1) is 0 Å². The Balaban J connectivity index is 2.57. The van der Waals surface area contributed by atoms with Crippen molar-refractivity contribution in [3.05, 3.63) is 24.2 Å². The number of aliphatic hydroxyl groups is 1. The molecule has 1 aromatic heterocycles. The SMILES string of the molecule is O=C(CN(CCO)CC(F)(F)F)c1ccco1. The minimum absolute atomic E-state index is 0.00937. The Morgan fingerprint density at radius 1 is 1.47 bits per heavy atom. The molecule has 0 bridgehead atoms. The zero-order valence-electron chi connectivity index (χ0n) is 8.91. The van der Waals surface area contributed by atoms with Crippen molar-refractivity contribution in [1.82, 2.24) is 4.90 Å². The Labute approximate surface area is 95.6 Å². The van der Waals surface area contributed by atoms with Crippen molar-refractivity contribution >= 4 is 5.78 Å². The molecule has 1 rings (SSSR count). The van der Waals surface area contributed by atoms with Gasteiger partial charge >= 0.3 is 6.18 Å². The van der Waals surface area contributed by atoms with Crippen LogP contribution in [0.1, 0.15) is 10.6 Å². The van der Waals surface area contributed by atoms with E-state index in [9.17, 15) is 18.0 Å². The van der Waals surface area contributed by atoms with E-state index in [4.69, 9.17) is 9.52 Å². The fourth-order valence-electron chi connectivity index (χ4n) is 1.33. The third kappa shape index (κ3) is 5.01. The van der Waals surface area contributed by atoms with Gasteiger partial charge in [0.2, 0.25) is 5.78 Å². The van der Waals surface area contributed by atoms with E-state index in [1.54, 1.807) is 0 Å². The number of carbonyl (C=O) groups excluding carboxylic acids is 1. The number of ketones is 1. The molecule has 1 aromatic rings. The third-order valence-electron chi connectivity index (χ3n) is 1.98. The minimum Gasteiger partial charge on any atom is -0.461 e. The average molecular weight is 251 g/mol. The van der Waals surface area contributed by atoms with E-state index in [1.807, 2.05) is 0 Å². The summed E-state index contributed by atoms with van der Waals surface area (Å²) in [6, 6.07) is 2.86. The van der Waals surface area contributed by atoms with Crippen LogP contribution in [0.15, 0.2) is 22.8 Å². The van der Waals surface area contributed by atoms with E-state index < -0.39 is 31.7 Å². The fourth-order valence-corrected chi connectivity index (χ4v) is 1.33. The average Bonchev–Trinajstić information content (AvgIpc) is 2.67. The molecule has 96 valence electrons. The van der Waals surface area contributed by atoms with Crippen molar-refractivity contribution in [3.8, 4) is 0 Å². The van der Waals surface area contributed by atoms with Crippen LogP contribution in [0, 0.1) is 0 Å². The number of rotatable bonds is 6. The molecule has 1 N–H and O–H groups in total. The molecule has 0 radical (unpaired) electrons. The standard InChI is InChI=1S/C10H12F3NO3/c11-10(12,13)7-14(3-4-15)6-8(16)9-2-1-5-17-9/h1-2,5,15H,3-4,6-7H2. The molecule has 0 aliphatic carbocycles. The van der Waals surface area contributed by atoms with Crippen molar-refractivity contribution < 1.29 is 27.5 Å². The van der Waals surface area contributed by atoms with Crippen LogP contribution < -0.4 is 0 Å². The van der Waals surface area contributed by atoms with Crippen LogP contribution in [0.5, 0.6) is 0 Å². The van der Waals surface area contributed by atoms with Crippen LogP contribution in [0.2, 0.25) is 0 Å². The summed E-state index contributed by atoms with van der Waals surface area (Å²) in [6.07, 6.45) is -3.13. The molecule has 0 aromatic carbocycles. The fraction of sp³-hybridized carbons (Fsp3) is 0.500. The van der Waals surface area contributed by atoms with E-state index in [-0.39, 0.29) is 12.3 Å². The highest BCUT2D eigenvalue weighted by molar-refractivity contribution is 5.94. The molecular weight excluding hydrogens is 239 g/mol. The van der Waals surface area contributed by atoms with Crippen molar-refractivity contribution in [1.29, 1.82) is 0 Å². The topological polar surface area (TPSA) is 53.7 Å². The predicted molar refractivity (Wildman–Crippen MR) is 52.6 cm³/mol. The molecule has 0 saturated heterocycles. The summed E-state index contributed by atoms with van der Waals surface area (Å²) in [5, 5.41) is 8.63. The highest BCUT2D eigenvalue weighted by Gasteiger charge is 2.31. The molecule has 0 saturated carbocycles. The van der Waals surface area contributed by atoms with Crippen molar-refractivity contribution in [2.75, 3.05) is 26.2 Å². The maximum Gasteiger partial charge on any atom is 0.401 e. The second-order valence-corrected chi connectivity index (χ2v) is 3.45. The normalized spacial score (nSPS) is 12.1. The van der Waals surface area contributed by atoms with Gasteiger partial charge in [0.1, 0.15) is 0 Å². The summed E-state index contributed by atoms with van der Waals surface area (Å²) < 4.78 is 41.3. The maximum absolute atomic E-state index is 12.2. The number of nitrogens with zero attached hydrogens (tertiary/aromatic N) is 1. The quantitative estimate of drug-likeness (QED) is 0.775. The highest BCUT2D eigenvalue weighted by Crippen LogP contribution is 2.16. The second kappa shape index (κ2) is 5.83. The molecule has 7 heteroatoms. The smallest absolute Gasteiger partial charge is 0.401 e. The molecule has 4 nitrogen and oxygen atoms in total. The molecule has 0 atom stereocenters. The molecule has 0 aliphatic heterocycles. The molecule has 0 amide bonds. The number of hydrogen-bond donors (Lipinski definition) is 1. The first-order valence-electron chi connectivity index (χ1n) is 4.89. The molecule has 0 fully saturated rings. The lowest BCUT2D eigenvalue weighted by molar-refractivity contribution is -0.145. The Morgan fingerprint density at radius 3 is 2.65 bits per heavy atom. The lowest BCUT2D eigenvalue weighted by Crippen LogP contribution is -2.39. The summed E-state index contributed by atoms with van der Waals surface area (Å²) in [7, 11) is 0. The first-order valence-corrected chi connectivity index (χ1v) is 4.89. The number of halogens is 3. The number of Topliss-reactive ketones (excluding diaryl/α,β-unsaturated/α-hetero) is 1. The first kappa shape index (κ1) is 13.7. The lowest BCUT2D eigenvalue weighted by atomic mass is 10.3. The summed E-state index contributed by atoms with van der Waals surface area (Å²) in [6.45, 7) is -2.33. The van der Waals surface area contributed by atoms with Crippen LogP contribution >= 0.6 is 0 Å². The number of furan rings is 1. The van der Waals surface area contributed by atoms with Gasteiger partial charge in [-0.25, -0.2) is 0 Å². The van der Waals surface area contributed by atoms with E-state index >= 15 is 0 Å². The number of aliphatic hydroxyl groups excluding tert-OH is 1. The molecule has 0 spiro atoms. The van der Waals surface area contributed by atoms with Crippen molar-refractivity contribution in [3.63, 3.8) is 0 Å². The molecular formula is C10H12F3NO3. The van der Waals surface area contributed by atoms with E-state index in [1.165, 1.54) is 18.4 Å².